The average Bonchev–Trinajstić information content (AvgIpc) is 1.90. The van der Waals surface area contributed by atoms with Crippen molar-refractivity contribution in [1.82, 2.24) is 0 Å². The van der Waals surface area contributed by atoms with E-state index in [1.54, 1.807) is 0 Å². The van der Waals surface area contributed by atoms with Crippen LogP contribution in [0.4, 0.5) is 0 Å². The molecule has 0 aromatic carbocycles. The number of thiocarbonyl (C=S) groups is 1. The van der Waals surface area contributed by atoms with Crippen LogP contribution in [0.3, 0.4) is 0 Å². The molecule has 11 heavy (non-hydrogen) atoms. The van der Waals surface area contributed by atoms with E-state index in [1.807, 2.05) is 20.8 Å². The van der Waals surface area contributed by atoms with Crippen LogP contribution in [0.5, 0.6) is 0 Å². The molecular weight excluding hydrogens is 162 g/mol. The predicted molar refractivity (Wildman–Crippen MR) is 50.6 cm³/mol. The van der Waals surface area contributed by atoms with Gasteiger partial charge in [-0.1, -0.05) is 12.2 Å². The third-order valence-electron chi connectivity index (χ3n) is 0.803. The largest absolute Gasteiger partial charge is 0.396 e. The number of nitrogens with two attached hydrogens (primary N) is 1. The number of hydrogen-bond acceptors (Lipinski definition) is 3. The average molecular weight is 179 g/mol. The van der Waals surface area contributed by atoms with Gasteiger partial charge in [-0.3, -0.25) is 0 Å². The maximum atomic E-state index is 5.06. The van der Waals surface area contributed by atoms with Crippen LogP contribution in [0.15, 0.2) is 0 Å². The summed E-state index contributed by atoms with van der Waals surface area (Å²) in [5.41, 5.74) is 5.62. The third kappa shape index (κ3) is 17.7. The molecule has 0 bridgehead atoms. The zero-order valence-electron chi connectivity index (χ0n) is 7.37. The first kappa shape index (κ1) is 13.4. The summed E-state index contributed by atoms with van der Waals surface area (Å²) in [5.74, 6) is 0. The lowest BCUT2D eigenvalue weighted by Gasteiger charge is -2.09. The fourth-order valence-corrected chi connectivity index (χ4v) is 0.518. The quantitative estimate of drug-likeness (QED) is 0.522. The second-order valence-electron chi connectivity index (χ2n) is 1.61. The highest BCUT2D eigenvalue weighted by Crippen LogP contribution is 1.90. The van der Waals surface area contributed by atoms with Crippen molar-refractivity contribution >= 4 is 17.7 Å². The molecule has 0 radical (unpaired) electrons. The summed E-state index contributed by atoms with van der Waals surface area (Å²) in [6.45, 7) is 7.25. The third-order valence-corrected chi connectivity index (χ3v) is 0.803. The summed E-state index contributed by atoms with van der Waals surface area (Å²) in [6.07, 6.45) is -0.0370. The summed E-state index contributed by atoms with van der Waals surface area (Å²) >= 11 is 4.05. The van der Waals surface area contributed by atoms with Crippen LogP contribution in [-0.4, -0.2) is 25.0 Å². The Bertz CT molecular complexity index is 74.8. The minimum absolute atomic E-state index is 0.0370. The molecule has 2 N–H and O–H groups in total. The molecule has 0 saturated heterocycles. The highest BCUT2D eigenvalue weighted by molar-refractivity contribution is 7.78. The molecule has 0 atom stereocenters. The smallest absolute Gasteiger partial charge is 0.154 e. The Morgan fingerprint density at radius 2 is 1.64 bits per heavy atom. The second kappa shape index (κ2) is 12.5. The van der Waals surface area contributed by atoms with E-state index in [-0.39, 0.29) is 6.29 Å². The lowest BCUT2D eigenvalue weighted by atomic mass is 10.7. The van der Waals surface area contributed by atoms with Gasteiger partial charge >= 0.3 is 0 Å². The number of rotatable bonds is 4. The first-order chi connectivity index (χ1) is 5.22. The van der Waals surface area contributed by atoms with E-state index in [1.165, 1.54) is 0 Å². The molecule has 0 unspecified atom stereocenters. The Kier molecular flexibility index (Phi) is 15.2. The van der Waals surface area contributed by atoms with Gasteiger partial charge in [0, 0.05) is 13.2 Å². The Morgan fingerprint density at radius 3 is 1.82 bits per heavy atom. The van der Waals surface area contributed by atoms with Crippen molar-refractivity contribution in [3.63, 3.8) is 0 Å². The molecule has 0 aliphatic rings. The van der Waals surface area contributed by atoms with Crippen molar-refractivity contribution in [1.29, 1.82) is 0 Å². The lowest BCUT2D eigenvalue weighted by molar-refractivity contribution is -0.123. The number of hydrogen-bond donors (Lipinski definition) is 1. The highest BCUT2D eigenvalue weighted by atomic mass is 32.1. The topological polar surface area (TPSA) is 44.5 Å². The van der Waals surface area contributed by atoms with Crippen molar-refractivity contribution in [3.05, 3.63) is 0 Å². The Labute approximate surface area is 73.9 Å². The summed E-state index contributed by atoms with van der Waals surface area (Å²) < 4.78 is 10.1. The van der Waals surface area contributed by atoms with Crippen LogP contribution in [0, 0.1) is 0 Å². The molecule has 0 aliphatic heterocycles. The van der Waals surface area contributed by atoms with E-state index in [0.29, 0.717) is 0 Å². The second-order valence-corrected chi connectivity index (χ2v) is 1.89. The standard InChI is InChI=1S/C6H14O2.CH3NS/c1-4-7-6(3)8-5-2;2-1-3/h6H,4-5H2,1-3H3;1H,(H2,2,3). The molecule has 3 nitrogen and oxygen atoms in total. The Hall–Kier alpha value is -0.190. The molecule has 0 aliphatic carbocycles. The van der Waals surface area contributed by atoms with Crippen molar-refractivity contribution in [2.45, 2.75) is 27.1 Å². The van der Waals surface area contributed by atoms with Crippen LogP contribution in [-0.2, 0) is 9.47 Å². The molecule has 4 heteroatoms. The van der Waals surface area contributed by atoms with Gasteiger partial charge in [-0.15, -0.1) is 0 Å². The van der Waals surface area contributed by atoms with E-state index in [2.05, 4.69) is 18.0 Å². The Balaban J connectivity index is 0. The maximum Gasteiger partial charge on any atom is 0.154 e. The van der Waals surface area contributed by atoms with Gasteiger partial charge in [-0.25, -0.2) is 0 Å². The minimum atomic E-state index is -0.0370. The van der Waals surface area contributed by atoms with Gasteiger partial charge < -0.3 is 15.2 Å². The van der Waals surface area contributed by atoms with E-state index in [9.17, 15) is 0 Å². The summed E-state index contributed by atoms with van der Waals surface area (Å²) in [5, 5.41) is 0. The van der Waals surface area contributed by atoms with Gasteiger partial charge in [-0.2, -0.15) is 0 Å². The molecule has 0 aromatic rings. The van der Waals surface area contributed by atoms with Crippen LogP contribution in [0.1, 0.15) is 20.8 Å². The SMILES string of the molecule is CCOC(C)OCC.NC=S. The van der Waals surface area contributed by atoms with Gasteiger partial charge in [0.25, 0.3) is 0 Å². The van der Waals surface area contributed by atoms with E-state index in [4.69, 9.17) is 9.47 Å². The van der Waals surface area contributed by atoms with Crippen LogP contribution < -0.4 is 5.73 Å². The summed E-state index contributed by atoms with van der Waals surface area (Å²) in [6, 6.07) is 0. The molecule has 0 amide bonds. The molecule has 0 saturated carbocycles. The van der Waals surface area contributed by atoms with Crippen molar-refractivity contribution < 1.29 is 9.47 Å². The maximum absolute atomic E-state index is 5.06. The van der Waals surface area contributed by atoms with Crippen molar-refractivity contribution in [3.8, 4) is 0 Å². The zero-order valence-corrected chi connectivity index (χ0v) is 8.19. The molecule has 68 valence electrons. The highest BCUT2D eigenvalue weighted by Gasteiger charge is 1.94. The molecular formula is C7H17NO2S. The fourth-order valence-electron chi connectivity index (χ4n) is 0.518. The van der Waals surface area contributed by atoms with E-state index < -0.39 is 0 Å². The fraction of sp³-hybridized carbons (Fsp3) is 0.857. The first-order valence-electron chi connectivity index (χ1n) is 3.61. The minimum Gasteiger partial charge on any atom is -0.396 e. The van der Waals surface area contributed by atoms with Gasteiger partial charge in [0.05, 0.1) is 5.49 Å². The van der Waals surface area contributed by atoms with Crippen LogP contribution in [0.25, 0.3) is 0 Å². The monoisotopic (exact) mass is 179 g/mol. The predicted octanol–water partition coefficient (Wildman–Crippen LogP) is 1.31. The normalized spacial score (nSPS) is 8.73. The molecule has 0 rings (SSSR count). The van der Waals surface area contributed by atoms with Gasteiger partial charge in [-0.05, 0) is 20.8 Å². The Morgan fingerprint density at radius 1 is 1.36 bits per heavy atom. The molecule has 0 aromatic heterocycles. The molecule has 0 heterocycles. The molecule has 0 fully saturated rings. The van der Waals surface area contributed by atoms with Crippen molar-refractivity contribution in [2.24, 2.45) is 5.73 Å². The lowest BCUT2D eigenvalue weighted by Crippen LogP contribution is -2.11. The van der Waals surface area contributed by atoms with Crippen LogP contribution in [0.2, 0.25) is 0 Å². The van der Waals surface area contributed by atoms with Crippen LogP contribution >= 0.6 is 12.2 Å². The van der Waals surface area contributed by atoms with Gasteiger partial charge in [0.2, 0.25) is 0 Å². The van der Waals surface area contributed by atoms with E-state index >= 15 is 0 Å². The van der Waals surface area contributed by atoms with Gasteiger partial charge in [0.1, 0.15) is 0 Å². The number of ether oxygens (including phenoxy) is 2. The summed E-state index contributed by atoms with van der Waals surface area (Å²) in [7, 11) is 0. The zero-order chi connectivity index (χ0) is 9.11. The van der Waals surface area contributed by atoms with Crippen molar-refractivity contribution in [2.75, 3.05) is 13.2 Å². The van der Waals surface area contributed by atoms with E-state index in [0.717, 1.165) is 18.7 Å². The van der Waals surface area contributed by atoms with Gasteiger partial charge in [0.15, 0.2) is 6.29 Å². The first-order valence-corrected chi connectivity index (χ1v) is 4.08. The summed E-state index contributed by atoms with van der Waals surface area (Å²) in [4.78, 5) is 0. The molecule has 0 spiro atoms.